The van der Waals surface area contributed by atoms with E-state index in [2.05, 4.69) is 57.2 Å². The van der Waals surface area contributed by atoms with E-state index in [4.69, 9.17) is 14.2 Å². The zero-order valence-corrected chi connectivity index (χ0v) is 56.1. The highest BCUT2D eigenvalue weighted by Gasteiger charge is 2.45. The van der Waals surface area contributed by atoms with Gasteiger partial charge in [-0.2, -0.15) is 0 Å². The van der Waals surface area contributed by atoms with Crippen molar-refractivity contribution in [2.45, 2.75) is 165 Å². The highest BCUT2D eigenvalue weighted by Crippen LogP contribution is 2.32. The summed E-state index contributed by atoms with van der Waals surface area (Å²) in [6.07, 6.45) is 1.74. The van der Waals surface area contributed by atoms with Gasteiger partial charge in [0.1, 0.15) is 11.8 Å². The van der Waals surface area contributed by atoms with Crippen LogP contribution in [-0.4, -0.2) is 183 Å². The number of fused-ring (bicyclic) bond motifs is 1. The minimum absolute atomic E-state index is 0.00205. The third kappa shape index (κ3) is 18.0. The Morgan fingerprint density at radius 3 is 1.98 bits per heavy atom. The molecule has 3 N–H and O–H groups in total. The van der Waals surface area contributed by atoms with Crippen LogP contribution in [0.15, 0.2) is 42.5 Å². The Kier molecular flexibility index (Phi) is 25.9. The highest BCUT2D eigenvalue weighted by atomic mass is 79.9. The molecule has 24 heteroatoms. The fourth-order valence-electron chi connectivity index (χ4n) is 12.2. The summed E-state index contributed by atoms with van der Waals surface area (Å²) in [5.74, 6) is -3.46. The number of amides is 6. The van der Waals surface area contributed by atoms with Gasteiger partial charge >= 0.3 is 6.09 Å². The summed E-state index contributed by atoms with van der Waals surface area (Å²) in [4.78, 5) is 114. The smallest absolute Gasteiger partial charge is 0.410 e. The van der Waals surface area contributed by atoms with Gasteiger partial charge in [0.05, 0.1) is 70.3 Å². The van der Waals surface area contributed by atoms with Gasteiger partial charge in [-0.3, -0.25) is 38.4 Å². The standard InChI is InChI=1S/C62H91Br2N9O12S/c1-13-38(6)56(71(10)61(79)45(36(2)3)31-52(74)55(37(4)5)70(8)9)53(83-11)32-54(75)73-26-14-15-51(73)57(84-12)39(7)58(76)68-48(60(78)69-86(81,82)44-21-22-44)29-40-16-19-43(20-17-40)85-62(80)72-27-24-41(25-28-72)35-65-59(77)42-18-23-46-47(30-42)67-50(34-64)49(33-63)66-46/h16-20,23,30,36-39,41,44-45,48,51,53,55-57H,13-15,21-22,24-29,31-35H2,1-12H3,(H,65,77)(H,68,76)(H,69,78)/t38-,39+,45-,48-,51-,53+,55-,56-,57+/m0/s1. The van der Waals surface area contributed by atoms with Gasteiger partial charge in [-0.25, -0.2) is 23.2 Å². The Labute approximate surface area is 525 Å². The molecule has 9 atom stereocenters. The van der Waals surface area contributed by atoms with E-state index in [9.17, 15) is 42.0 Å². The van der Waals surface area contributed by atoms with Crippen molar-refractivity contribution in [3.05, 3.63) is 65.0 Å². The summed E-state index contributed by atoms with van der Waals surface area (Å²) in [5.41, 5.74) is 3.98. The zero-order valence-electron chi connectivity index (χ0n) is 52.1. The first kappa shape index (κ1) is 70.0. The summed E-state index contributed by atoms with van der Waals surface area (Å²) in [5, 5.41) is 6.23. The lowest BCUT2D eigenvalue weighted by Gasteiger charge is -2.41. The zero-order chi connectivity index (χ0) is 63.3. The summed E-state index contributed by atoms with van der Waals surface area (Å²) in [6, 6.07) is 8.91. The van der Waals surface area contributed by atoms with Crippen LogP contribution in [-0.2, 0) is 60.6 Å². The Bertz CT molecular complexity index is 2950. The van der Waals surface area contributed by atoms with Crippen molar-refractivity contribution in [2.24, 2.45) is 35.5 Å². The van der Waals surface area contributed by atoms with Crippen molar-refractivity contribution in [1.29, 1.82) is 0 Å². The summed E-state index contributed by atoms with van der Waals surface area (Å²) < 4.78 is 46.2. The fourth-order valence-corrected chi connectivity index (χ4v) is 14.4. The maximum Gasteiger partial charge on any atom is 0.415 e. The second kappa shape index (κ2) is 31.9. The van der Waals surface area contributed by atoms with E-state index in [1.165, 1.54) is 14.2 Å². The van der Waals surface area contributed by atoms with Crippen LogP contribution >= 0.6 is 31.9 Å². The molecule has 3 aromatic rings. The van der Waals surface area contributed by atoms with Crippen LogP contribution in [0.4, 0.5) is 4.79 Å². The second-order valence-corrected chi connectivity index (χ2v) is 27.6. The second-order valence-electron chi connectivity index (χ2n) is 24.5. The van der Waals surface area contributed by atoms with Gasteiger partial charge in [-0.1, -0.05) is 98.9 Å². The first-order valence-electron chi connectivity index (χ1n) is 30.2. The molecule has 2 saturated heterocycles. The van der Waals surface area contributed by atoms with Crippen LogP contribution in [0.5, 0.6) is 5.75 Å². The van der Waals surface area contributed by atoms with Crippen molar-refractivity contribution < 1.29 is 56.2 Å². The number of likely N-dealkylation sites (N-methyl/N-ethyl adjacent to an activating group) is 2. The number of ether oxygens (including phenoxy) is 3. The number of alkyl halides is 2. The lowest BCUT2D eigenvalue weighted by atomic mass is 9.83. The van der Waals surface area contributed by atoms with Crippen molar-refractivity contribution in [3.63, 3.8) is 0 Å². The number of likely N-dealkylation sites (tertiary alicyclic amines) is 2. The number of aromatic nitrogens is 2. The molecule has 3 fully saturated rings. The number of nitrogens with one attached hydrogen (secondary N) is 3. The van der Waals surface area contributed by atoms with Crippen LogP contribution in [0.1, 0.15) is 134 Å². The van der Waals surface area contributed by atoms with Crippen LogP contribution in [0.2, 0.25) is 0 Å². The van der Waals surface area contributed by atoms with E-state index in [1.807, 2.05) is 60.5 Å². The van der Waals surface area contributed by atoms with Gasteiger partial charge in [0, 0.05) is 82.4 Å². The summed E-state index contributed by atoms with van der Waals surface area (Å²) >= 11 is 6.92. The van der Waals surface area contributed by atoms with Crippen LogP contribution < -0.4 is 20.1 Å². The van der Waals surface area contributed by atoms with Gasteiger partial charge < -0.3 is 39.5 Å². The molecular weight excluding hydrogens is 1250 g/mol. The molecule has 1 aromatic heterocycles. The molecule has 0 radical (unpaired) electrons. The molecule has 1 aliphatic carbocycles. The molecule has 6 rings (SSSR count). The SMILES string of the molecule is CC[C@H](C)[C@@H]([C@@H](CC(=O)N1CCC[C@H]1[C@H](OC)[C@@H](C)C(=O)N[C@@H](Cc1ccc(OC(=O)N2CCC(CNC(=O)c3ccc4nc(CBr)c(CBr)nc4c3)CC2)cc1)C(=O)NS(=O)(=O)C1CC1)OC)N(C)C(=O)[C@@H](CC(=O)[C@H](C(C)C)N(C)C)C(C)C. The average molecular weight is 1350 g/mol. The van der Waals surface area contributed by atoms with Gasteiger partial charge in [-0.15, -0.1) is 0 Å². The highest BCUT2D eigenvalue weighted by molar-refractivity contribution is 9.09. The van der Waals surface area contributed by atoms with Crippen molar-refractivity contribution in [3.8, 4) is 5.75 Å². The Morgan fingerprint density at radius 2 is 1.42 bits per heavy atom. The van der Waals surface area contributed by atoms with E-state index in [-0.39, 0.29) is 78.2 Å². The van der Waals surface area contributed by atoms with Crippen molar-refractivity contribution in [1.82, 2.24) is 44.9 Å². The van der Waals surface area contributed by atoms with E-state index in [1.54, 1.807) is 71.1 Å². The van der Waals surface area contributed by atoms with E-state index in [0.29, 0.717) is 104 Å². The Hall–Kier alpha value is -5.14. The third-order valence-corrected chi connectivity index (χ3v) is 20.4. The Balaban J connectivity index is 1.06. The van der Waals surface area contributed by atoms with Gasteiger partial charge in [0.2, 0.25) is 27.7 Å². The fraction of sp³-hybridized carbons (Fsp3) is 0.661. The lowest BCUT2D eigenvalue weighted by molar-refractivity contribution is -0.149. The maximum absolute atomic E-state index is 14.6. The third-order valence-electron chi connectivity index (χ3n) is 17.5. The average Bonchev–Trinajstić information content (AvgIpc) is 2.88. The number of piperidine rings is 1. The van der Waals surface area contributed by atoms with Crippen molar-refractivity contribution in [2.75, 3.05) is 61.5 Å². The molecule has 0 bridgehead atoms. The molecule has 2 aliphatic heterocycles. The van der Waals surface area contributed by atoms with Crippen LogP contribution in [0.25, 0.3) is 11.0 Å². The molecule has 3 heterocycles. The number of Topliss-reactive ketones (excluding diaryl/α,β-unsaturated/α-hetero) is 1. The summed E-state index contributed by atoms with van der Waals surface area (Å²) in [7, 11) is 4.45. The molecule has 0 unspecified atom stereocenters. The number of sulfonamides is 1. The Morgan fingerprint density at radius 1 is 0.779 bits per heavy atom. The molecule has 2 aromatic carbocycles. The minimum Gasteiger partial charge on any atom is -0.410 e. The first-order chi connectivity index (χ1) is 40.8. The molecule has 3 aliphatic rings. The van der Waals surface area contributed by atoms with Gasteiger partial charge in [0.25, 0.3) is 11.8 Å². The van der Waals surface area contributed by atoms with Gasteiger partial charge in [-0.05, 0) is 112 Å². The number of nitrogens with zero attached hydrogens (tertiary/aromatic N) is 6. The van der Waals surface area contributed by atoms with E-state index in [0.717, 1.165) is 11.4 Å². The normalized spacial score (nSPS) is 18.7. The number of hydrogen-bond acceptors (Lipinski definition) is 15. The minimum atomic E-state index is -4.01. The number of carbonyl (C=O) groups is 7. The topological polar surface area (TPSA) is 256 Å². The number of methoxy groups -OCH3 is 2. The molecule has 0 spiro atoms. The molecule has 476 valence electrons. The molecular formula is C62H91Br2N9O12S. The predicted molar refractivity (Wildman–Crippen MR) is 336 cm³/mol. The molecule has 1 saturated carbocycles. The maximum atomic E-state index is 14.6. The van der Waals surface area contributed by atoms with Crippen molar-refractivity contribution >= 4 is 94.3 Å². The van der Waals surface area contributed by atoms with Crippen LogP contribution in [0, 0.1) is 35.5 Å². The monoisotopic (exact) mass is 1340 g/mol. The molecule has 21 nitrogen and oxygen atoms in total. The number of carbonyl (C=O) groups excluding carboxylic acids is 7. The number of benzene rings is 2. The number of hydrogen-bond donors (Lipinski definition) is 3. The van der Waals surface area contributed by atoms with Gasteiger partial charge in [0.15, 0.2) is 5.78 Å². The quantitative estimate of drug-likeness (QED) is 0.0549. The number of halogens is 2. The molecule has 86 heavy (non-hydrogen) atoms. The molecule has 6 amide bonds. The summed E-state index contributed by atoms with van der Waals surface area (Å²) in [6.45, 7) is 15.2. The van der Waals surface area contributed by atoms with Crippen LogP contribution in [0.3, 0.4) is 0 Å². The largest absolute Gasteiger partial charge is 0.415 e. The predicted octanol–water partition coefficient (Wildman–Crippen LogP) is 7.43. The van der Waals surface area contributed by atoms with E-state index < -0.39 is 75.4 Å². The number of ketones is 1. The number of rotatable bonds is 30. The lowest BCUT2D eigenvalue weighted by Crippen LogP contribution is -2.55. The van der Waals surface area contributed by atoms with E-state index >= 15 is 0 Å². The first-order valence-corrected chi connectivity index (χ1v) is 34.0.